The van der Waals surface area contributed by atoms with Gasteiger partial charge in [-0.25, -0.2) is 4.79 Å². The van der Waals surface area contributed by atoms with Crippen LogP contribution < -0.4 is 4.90 Å². The number of quaternary nitrogens is 1. The summed E-state index contributed by atoms with van der Waals surface area (Å²) in [6, 6.07) is 0.876. The molecule has 108 valence electrons. The molecule has 0 spiro atoms. The van der Waals surface area contributed by atoms with Gasteiger partial charge in [-0.3, -0.25) is 4.79 Å². The van der Waals surface area contributed by atoms with Crippen molar-refractivity contribution in [3.8, 4) is 0 Å². The van der Waals surface area contributed by atoms with Crippen LogP contribution in [0, 0.1) is 0 Å². The Morgan fingerprint density at radius 3 is 2.05 bits per heavy atom. The molecule has 0 aliphatic rings. The lowest BCUT2D eigenvalue weighted by atomic mass is 10.1. The van der Waals surface area contributed by atoms with Gasteiger partial charge in [0.25, 0.3) is 0 Å². The van der Waals surface area contributed by atoms with E-state index in [2.05, 4.69) is 27.7 Å². The fraction of sp³-hybridized carbons (Fsp3) is 0.600. The molecule has 0 radical (unpaired) electrons. The third-order valence-corrected chi connectivity index (χ3v) is 2.76. The molecule has 0 fully saturated rings. The molecule has 0 unspecified atom stereocenters. The fourth-order valence-corrected chi connectivity index (χ4v) is 1.84. The Morgan fingerprint density at radius 2 is 1.68 bits per heavy atom. The van der Waals surface area contributed by atoms with Crippen LogP contribution in [0.5, 0.6) is 0 Å². The summed E-state index contributed by atoms with van der Waals surface area (Å²) in [6.45, 7) is 11.9. The van der Waals surface area contributed by atoms with Gasteiger partial charge < -0.3 is 9.64 Å². The van der Waals surface area contributed by atoms with Gasteiger partial charge >= 0.3 is 5.97 Å². The van der Waals surface area contributed by atoms with Crippen LogP contribution >= 0.6 is 0 Å². The Labute approximate surface area is 116 Å². The summed E-state index contributed by atoms with van der Waals surface area (Å²) in [5.41, 5.74) is 0.0879. The maximum absolute atomic E-state index is 11.6. The molecule has 0 aliphatic heterocycles. The van der Waals surface area contributed by atoms with E-state index in [1.807, 2.05) is 6.20 Å². The van der Waals surface area contributed by atoms with Gasteiger partial charge in [0, 0.05) is 0 Å². The quantitative estimate of drug-likeness (QED) is 0.249. The van der Waals surface area contributed by atoms with Crippen LogP contribution in [-0.4, -0.2) is 30.4 Å². The minimum atomic E-state index is -0.560. The molecule has 0 aromatic heterocycles. The van der Waals surface area contributed by atoms with Gasteiger partial charge in [-0.2, -0.15) is 0 Å². The summed E-state index contributed by atoms with van der Waals surface area (Å²) in [4.78, 5) is 24.3. The normalized spacial score (nSPS) is 12.8. The van der Waals surface area contributed by atoms with Crippen LogP contribution in [0.4, 0.5) is 0 Å². The number of esters is 1. The van der Waals surface area contributed by atoms with Crippen LogP contribution in [0.25, 0.3) is 0 Å². The summed E-state index contributed by atoms with van der Waals surface area (Å²) in [7, 11) is 0. The predicted molar refractivity (Wildman–Crippen MR) is 75.8 cm³/mol. The number of Topliss-reactive ketones (excluding diaryl/α,β-unsaturated/α-hetero) is 1. The Balaban J connectivity index is 4.97. The zero-order chi connectivity index (χ0) is 15.0. The monoisotopic (exact) mass is 268 g/mol. The molecule has 0 atom stereocenters. The van der Waals surface area contributed by atoms with Crippen molar-refractivity contribution in [1.29, 1.82) is 0 Å². The lowest BCUT2D eigenvalue weighted by Gasteiger charge is -2.22. The standard InChI is InChI=1S/C15H25NO3/c1-7-19-15(18)14(13(6)17)9-8-10-16(11(2)3)12(4)5/h8-12H,7H2,1-6H3/p+1/b10-8+,14-9+. The van der Waals surface area contributed by atoms with Gasteiger partial charge in [0.1, 0.15) is 5.57 Å². The van der Waals surface area contributed by atoms with Gasteiger partial charge in [0.15, 0.2) is 5.78 Å². The van der Waals surface area contributed by atoms with Crippen LogP contribution in [0.1, 0.15) is 41.5 Å². The summed E-state index contributed by atoms with van der Waals surface area (Å²) in [5, 5.41) is 0. The smallest absolute Gasteiger partial charge is 0.341 e. The highest BCUT2D eigenvalue weighted by Crippen LogP contribution is 2.00. The summed E-state index contributed by atoms with van der Waals surface area (Å²) in [5.74, 6) is -0.839. The van der Waals surface area contributed by atoms with E-state index in [9.17, 15) is 9.59 Å². The van der Waals surface area contributed by atoms with Gasteiger partial charge in [0.2, 0.25) is 0 Å². The number of nitrogens with one attached hydrogen (secondary N) is 1. The van der Waals surface area contributed by atoms with E-state index >= 15 is 0 Å². The van der Waals surface area contributed by atoms with Gasteiger partial charge in [-0.05, 0) is 53.7 Å². The van der Waals surface area contributed by atoms with Crippen LogP contribution in [0.15, 0.2) is 23.9 Å². The molecule has 4 heteroatoms. The Kier molecular flexibility index (Phi) is 8.00. The molecule has 0 saturated carbocycles. The van der Waals surface area contributed by atoms with E-state index in [0.717, 1.165) is 0 Å². The lowest BCUT2D eigenvalue weighted by molar-refractivity contribution is -0.892. The van der Waals surface area contributed by atoms with Gasteiger partial charge in [-0.15, -0.1) is 0 Å². The number of hydrogen-bond acceptors (Lipinski definition) is 3. The van der Waals surface area contributed by atoms with Crippen LogP contribution in [0.2, 0.25) is 0 Å². The van der Waals surface area contributed by atoms with Crippen molar-refractivity contribution in [2.45, 2.75) is 53.6 Å². The Hall–Kier alpha value is -1.42. The van der Waals surface area contributed by atoms with Crippen molar-refractivity contribution in [3.05, 3.63) is 23.9 Å². The lowest BCUT2D eigenvalue weighted by Crippen LogP contribution is -3.13. The van der Waals surface area contributed by atoms with Gasteiger partial charge in [-0.1, -0.05) is 0 Å². The first kappa shape index (κ1) is 17.6. The third-order valence-electron chi connectivity index (χ3n) is 2.76. The maximum Gasteiger partial charge on any atom is 0.341 e. The number of hydrogen-bond donors (Lipinski definition) is 1. The minimum Gasteiger partial charge on any atom is -0.462 e. The van der Waals surface area contributed by atoms with E-state index in [0.29, 0.717) is 12.1 Å². The molecule has 0 amide bonds. The van der Waals surface area contributed by atoms with Crippen molar-refractivity contribution in [2.75, 3.05) is 6.61 Å². The SMILES string of the molecule is CCOC(=O)/C(=C/C=C/[NH+](C(C)C)C(C)C)C(C)=O. The largest absolute Gasteiger partial charge is 0.462 e. The highest BCUT2D eigenvalue weighted by molar-refractivity contribution is 6.16. The molecule has 0 aliphatic carbocycles. The molecule has 0 rings (SSSR count). The third kappa shape index (κ3) is 6.34. The molecule has 0 bridgehead atoms. The molecular formula is C15H26NO3+. The van der Waals surface area contributed by atoms with Crippen LogP contribution in [0.3, 0.4) is 0 Å². The molecule has 0 aromatic rings. The number of carbonyl (C=O) groups is 2. The molecule has 19 heavy (non-hydrogen) atoms. The second-order valence-electron chi connectivity index (χ2n) is 5.03. The Morgan fingerprint density at radius 1 is 1.16 bits per heavy atom. The first-order chi connectivity index (χ1) is 8.81. The van der Waals surface area contributed by atoms with Crippen molar-refractivity contribution < 1.29 is 19.2 Å². The van der Waals surface area contributed by atoms with E-state index in [-0.39, 0.29) is 18.0 Å². The second kappa shape index (κ2) is 8.64. The maximum atomic E-state index is 11.6. The zero-order valence-corrected chi connectivity index (χ0v) is 12.8. The number of allylic oxidation sites excluding steroid dienone is 2. The zero-order valence-electron chi connectivity index (χ0n) is 12.8. The van der Waals surface area contributed by atoms with E-state index in [1.165, 1.54) is 17.9 Å². The Bertz CT molecular complexity index is 360. The van der Waals surface area contributed by atoms with Crippen molar-refractivity contribution in [1.82, 2.24) is 0 Å². The number of ketones is 1. The molecule has 0 saturated heterocycles. The van der Waals surface area contributed by atoms with E-state index < -0.39 is 5.97 Å². The molecular weight excluding hydrogens is 242 g/mol. The van der Waals surface area contributed by atoms with Crippen molar-refractivity contribution in [2.24, 2.45) is 0 Å². The minimum absolute atomic E-state index is 0.0879. The highest BCUT2D eigenvalue weighted by atomic mass is 16.5. The number of ether oxygens (including phenoxy) is 1. The topological polar surface area (TPSA) is 47.8 Å². The molecule has 4 nitrogen and oxygen atoms in total. The summed E-state index contributed by atoms with van der Waals surface area (Å²) < 4.78 is 4.85. The van der Waals surface area contributed by atoms with Crippen molar-refractivity contribution >= 4 is 11.8 Å². The van der Waals surface area contributed by atoms with Crippen LogP contribution in [-0.2, 0) is 14.3 Å². The second-order valence-corrected chi connectivity index (χ2v) is 5.03. The summed E-state index contributed by atoms with van der Waals surface area (Å²) in [6.07, 6.45) is 5.26. The number of carbonyl (C=O) groups excluding carboxylic acids is 2. The first-order valence-corrected chi connectivity index (χ1v) is 6.74. The molecule has 0 heterocycles. The van der Waals surface area contributed by atoms with Gasteiger partial charge in [0.05, 0.1) is 24.9 Å². The summed E-state index contributed by atoms with van der Waals surface area (Å²) >= 11 is 0. The van der Waals surface area contributed by atoms with Crippen molar-refractivity contribution in [3.63, 3.8) is 0 Å². The first-order valence-electron chi connectivity index (χ1n) is 6.74. The molecule has 1 N–H and O–H groups in total. The van der Waals surface area contributed by atoms with E-state index in [4.69, 9.17) is 4.74 Å². The average molecular weight is 268 g/mol. The predicted octanol–water partition coefficient (Wildman–Crippen LogP) is 1.28. The fourth-order valence-electron chi connectivity index (χ4n) is 1.84. The molecule has 0 aromatic carbocycles. The van der Waals surface area contributed by atoms with E-state index in [1.54, 1.807) is 13.0 Å². The highest BCUT2D eigenvalue weighted by Gasteiger charge is 2.16. The number of rotatable bonds is 7. The average Bonchev–Trinajstić information content (AvgIpc) is 2.27.